The highest BCUT2D eigenvalue weighted by Gasteiger charge is 2.19. The third kappa shape index (κ3) is 2.49. The zero-order chi connectivity index (χ0) is 14.8. The molecule has 0 bridgehead atoms. The van der Waals surface area contributed by atoms with Gasteiger partial charge in [0.05, 0.1) is 12.8 Å². The largest absolute Gasteiger partial charge is 0.497 e. The highest BCUT2D eigenvalue weighted by molar-refractivity contribution is 5.80. The van der Waals surface area contributed by atoms with Gasteiger partial charge in [-0.2, -0.15) is 0 Å². The van der Waals surface area contributed by atoms with Crippen molar-refractivity contribution in [2.45, 2.75) is 13.8 Å². The van der Waals surface area contributed by atoms with Gasteiger partial charge in [0.25, 0.3) is 0 Å². The summed E-state index contributed by atoms with van der Waals surface area (Å²) in [5.41, 5.74) is 4.44. The molecule has 21 heavy (non-hydrogen) atoms. The Morgan fingerprint density at radius 1 is 1.10 bits per heavy atom. The fourth-order valence-electron chi connectivity index (χ4n) is 2.71. The molecule has 0 saturated heterocycles. The van der Waals surface area contributed by atoms with E-state index in [2.05, 4.69) is 40.0 Å². The lowest BCUT2D eigenvalue weighted by Gasteiger charge is -2.22. The summed E-state index contributed by atoms with van der Waals surface area (Å²) in [4.78, 5) is 11.2. The maximum absolute atomic E-state index is 5.29. The van der Waals surface area contributed by atoms with Crippen molar-refractivity contribution in [3.63, 3.8) is 0 Å². The lowest BCUT2D eigenvalue weighted by Crippen LogP contribution is -2.21. The number of hydrogen-bond acceptors (Lipinski definition) is 4. The summed E-state index contributed by atoms with van der Waals surface area (Å²) < 4.78 is 5.29. The van der Waals surface area contributed by atoms with E-state index in [9.17, 15) is 0 Å². The summed E-state index contributed by atoms with van der Waals surface area (Å²) >= 11 is 0. The lowest BCUT2D eigenvalue weighted by atomic mass is 9.99. The zero-order valence-corrected chi connectivity index (χ0v) is 12.6. The van der Waals surface area contributed by atoms with Gasteiger partial charge >= 0.3 is 0 Å². The normalized spacial score (nSPS) is 13.8. The quantitative estimate of drug-likeness (QED) is 0.810. The van der Waals surface area contributed by atoms with Crippen LogP contribution in [0.3, 0.4) is 0 Å². The van der Waals surface area contributed by atoms with Gasteiger partial charge in [0.2, 0.25) is 0 Å². The summed E-state index contributed by atoms with van der Waals surface area (Å²) in [6.45, 7) is 5.93. The average molecular weight is 281 g/mol. The van der Waals surface area contributed by atoms with Gasteiger partial charge in [0, 0.05) is 18.7 Å². The van der Waals surface area contributed by atoms with Crippen LogP contribution >= 0.6 is 0 Å². The van der Waals surface area contributed by atoms with Crippen molar-refractivity contribution in [2.75, 3.05) is 25.1 Å². The van der Waals surface area contributed by atoms with Gasteiger partial charge in [0.15, 0.2) is 0 Å². The molecule has 0 unspecified atom stereocenters. The molecule has 0 saturated carbocycles. The lowest BCUT2D eigenvalue weighted by molar-refractivity contribution is 0.414. The third-order valence-electron chi connectivity index (χ3n) is 3.84. The maximum atomic E-state index is 5.29. The molecule has 4 heteroatoms. The first-order valence-corrected chi connectivity index (χ1v) is 7.07. The van der Waals surface area contributed by atoms with Crippen LogP contribution in [0.25, 0.3) is 11.1 Å². The third-order valence-corrected chi connectivity index (χ3v) is 3.84. The highest BCUT2D eigenvalue weighted by Crippen LogP contribution is 2.35. The van der Waals surface area contributed by atoms with Crippen molar-refractivity contribution in [3.05, 3.63) is 47.9 Å². The number of methoxy groups -OCH3 is 1. The SMILES string of the molecule is COc1ccc(-c2c(C)ncnc2N2CC=CC2)c(C)c1. The highest BCUT2D eigenvalue weighted by atomic mass is 16.5. The number of aryl methyl sites for hydroxylation is 2. The minimum absolute atomic E-state index is 0.871. The molecule has 3 rings (SSSR count). The average Bonchev–Trinajstić information content (AvgIpc) is 3.01. The Hall–Kier alpha value is -2.36. The van der Waals surface area contributed by atoms with Crippen molar-refractivity contribution in [1.29, 1.82) is 0 Å². The predicted molar refractivity (Wildman–Crippen MR) is 84.8 cm³/mol. The maximum Gasteiger partial charge on any atom is 0.140 e. The number of nitrogens with zero attached hydrogens (tertiary/aromatic N) is 3. The molecule has 4 nitrogen and oxygen atoms in total. The van der Waals surface area contributed by atoms with E-state index in [-0.39, 0.29) is 0 Å². The molecule has 1 aliphatic heterocycles. The number of benzene rings is 1. The van der Waals surface area contributed by atoms with Crippen LogP contribution in [-0.2, 0) is 0 Å². The van der Waals surface area contributed by atoms with Crippen molar-refractivity contribution in [2.24, 2.45) is 0 Å². The van der Waals surface area contributed by atoms with Crippen LogP contribution in [-0.4, -0.2) is 30.2 Å². The Bertz CT molecular complexity index is 686. The minimum Gasteiger partial charge on any atom is -0.497 e. The van der Waals surface area contributed by atoms with Gasteiger partial charge in [0.1, 0.15) is 17.9 Å². The molecule has 0 radical (unpaired) electrons. The molecule has 1 aromatic heterocycles. The predicted octanol–water partition coefficient (Wildman–Crippen LogP) is 3.15. The zero-order valence-electron chi connectivity index (χ0n) is 12.6. The van der Waals surface area contributed by atoms with E-state index in [0.717, 1.165) is 41.5 Å². The first-order valence-electron chi connectivity index (χ1n) is 7.07. The standard InChI is InChI=1S/C17H19N3O/c1-12-10-14(21-3)6-7-15(12)16-13(2)18-11-19-17(16)20-8-4-5-9-20/h4-7,10-11H,8-9H2,1-3H3. The van der Waals surface area contributed by atoms with E-state index >= 15 is 0 Å². The van der Waals surface area contributed by atoms with Crippen LogP contribution in [0, 0.1) is 13.8 Å². The summed E-state index contributed by atoms with van der Waals surface area (Å²) in [6, 6.07) is 6.13. The van der Waals surface area contributed by atoms with Gasteiger partial charge in [-0.3, -0.25) is 0 Å². The molecule has 0 spiro atoms. The number of anilines is 1. The van der Waals surface area contributed by atoms with Crippen LogP contribution in [0.5, 0.6) is 5.75 Å². The van der Waals surface area contributed by atoms with Crippen LogP contribution in [0.1, 0.15) is 11.3 Å². The van der Waals surface area contributed by atoms with Gasteiger partial charge in [-0.25, -0.2) is 9.97 Å². The first kappa shape index (κ1) is 13.6. The van der Waals surface area contributed by atoms with Gasteiger partial charge in [-0.15, -0.1) is 0 Å². The summed E-state index contributed by atoms with van der Waals surface area (Å²) in [5.74, 6) is 1.87. The molecule has 0 aliphatic carbocycles. The van der Waals surface area contributed by atoms with E-state index in [1.165, 1.54) is 5.56 Å². The molecule has 2 aromatic rings. The van der Waals surface area contributed by atoms with Crippen LogP contribution in [0.4, 0.5) is 5.82 Å². The van der Waals surface area contributed by atoms with Crippen LogP contribution in [0.15, 0.2) is 36.7 Å². The van der Waals surface area contributed by atoms with Crippen molar-refractivity contribution < 1.29 is 4.74 Å². The van der Waals surface area contributed by atoms with Crippen LogP contribution < -0.4 is 9.64 Å². The first-order chi connectivity index (χ1) is 10.2. The second kappa shape index (κ2) is 5.56. The molecular weight excluding hydrogens is 262 g/mol. The molecule has 1 aromatic carbocycles. The van der Waals surface area contributed by atoms with Gasteiger partial charge in [-0.05, 0) is 37.1 Å². The monoisotopic (exact) mass is 281 g/mol. The molecule has 1 aliphatic rings. The fourth-order valence-corrected chi connectivity index (χ4v) is 2.71. The molecule has 0 fully saturated rings. The Morgan fingerprint density at radius 2 is 1.86 bits per heavy atom. The minimum atomic E-state index is 0.871. The Morgan fingerprint density at radius 3 is 2.52 bits per heavy atom. The van der Waals surface area contributed by atoms with Crippen molar-refractivity contribution >= 4 is 5.82 Å². The number of aromatic nitrogens is 2. The smallest absolute Gasteiger partial charge is 0.140 e. The number of hydrogen-bond donors (Lipinski definition) is 0. The second-order valence-electron chi connectivity index (χ2n) is 5.21. The molecule has 108 valence electrons. The summed E-state index contributed by atoms with van der Waals surface area (Å²) in [7, 11) is 1.69. The fraction of sp³-hybridized carbons (Fsp3) is 0.294. The Balaban J connectivity index is 2.13. The van der Waals surface area contributed by atoms with Crippen LogP contribution in [0.2, 0.25) is 0 Å². The van der Waals surface area contributed by atoms with Gasteiger partial charge < -0.3 is 9.64 Å². The van der Waals surface area contributed by atoms with E-state index in [1.807, 2.05) is 19.1 Å². The molecule has 0 amide bonds. The van der Waals surface area contributed by atoms with Crippen molar-refractivity contribution in [1.82, 2.24) is 9.97 Å². The Kier molecular flexibility index (Phi) is 3.60. The van der Waals surface area contributed by atoms with E-state index in [1.54, 1.807) is 13.4 Å². The molecule has 2 heterocycles. The number of rotatable bonds is 3. The second-order valence-corrected chi connectivity index (χ2v) is 5.21. The van der Waals surface area contributed by atoms with Gasteiger partial charge in [-0.1, -0.05) is 18.2 Å². The van der Waals surface area contributed by atoms with E-state index < -0.39 is 0 Å². The summed E-state index contributed by atoms with van der Waals surface area (Å²) in [5, 5.41) is 0. The summed E-state index contributed by atoms with van der Waals surface area (Å²) in [6.07, 6.45) is 5.98. The molecule has 0 atom stereocenters. The van der Waals surface area contributed by atoms with E-state index in [4.69, 9.17) is 4.74 Å². The molecule has 0 N–H and O–H groups in total. The molecular formula is C17H19N3O. The number of ether oxygens (including phenoxy) is 1. The van der Waals surface area contributed by atoms with E-state index in [0.29, 0.717) is 0 Å². The van der Waals surface area contributed by atoms with Crippen molar-refractivity contribution in [3.8, 4) is 16.9 Å². The Labute approximate surface area is 125 Å². The topological polar surface area (TPSA) is 38.3 Å².